The van der Waals surface area contributed by atoms with E-state index in [0.29, 0.717) is 12.8 Å². The molecular weight excluding hydrogens is 1040 g/mol. The lowest BCUT2D eigenvalue weighted by molar-refractivity contribution is -0.359. The maximum Gasteiger partial charge on any atom is 0.220 e. The third kappa shape index (κ3) is 37.5. The Kier molecular flexibility index (Phi) is 49.3. The number of unbranched alkanes of at least 4 members (excludes halogenated alkanes) is 36. The van der Waals surface area contributed by atoms with Crippen molar-refractivity contribution in [2.75, 3.05) is 19.8 Å². The fraction of sp³-hybridized carbons (Fsp3) is 0.868. The second-order valence-corrected chi connectivity index (χ2v) is 23.9. The highest BCUT2D eigenvalue weighted by Gasteiger charge is 2.51. The van der Waals surface area contributed by atoms with E-state index in [1.807, 2.05) is 6.08 Å². The van der Waals surface area contributed by atoms with Crippen molar-refractivity contribution in [3.05, 3.63) is 48.6 Å². The standard InChI is InChI=1S/C68H125NO13/c1-3-5-7-9-11-13-15-17-19-20-21-22-23-24-25-26-27-28-29-30-31-32-33-34-35-36-38-39-41-43-45-47-49-51-57(72)56(69-60(73)52-50-48-46-44-42-40-37-18-16-14-12-10-8-6-4-2)55-79-67-65(78)63(76)66(59(54-71)81-67)82-68-64(77)62(75)61(74)58(53-70)80-68/h12,14,18,37,41,43,49,51,56-59,61-68,70-72,74-78H,3-11,13,15-17,19-36,38-40,42,44-48,50,52-55H2,1-2H3,(H,69,73)/b14-12-,37-18-,43-41+,51-49+. The van der Waals surface area contributed by atoms with Crippen LogP contribution in [0.15, 0.2) is 48.6 Å². The number of carbonyl (C=O) groups excluding carboxylic acids is 1. The smallest absolute Gasteiger partial charge is 0.220 e. The quantitative estimate of drug-likeness (QED) is 0.0204. The minimum atomic E-state index is -1.79. The van der Waals surface area contributed by atoms with E-state index in [9.17, 15) is 45.6 Å². The van der Waals surface area contributed by atoms with E-state index in [1.165, 1.54) is 193 Å². The zero-order chi connectivity index (χ0) is 59.5. The van der Waals surface area contributed by atoms with Crippen molar-refractivity contribution >= 4 is 5.91 Å². The predicted molar refractivity (Wildman–Crippen MR) is 332 cm³/mol. The van der Waals surface area contributed by atoms with Gasteiger partial charge < -0.3 is 65.1 Å². The molecule has 0 bridgehead atoms. The van der Waals surface area contributed by atoms with E-state index in [1.54, 1.807) is 6.08 Å². The van der Waals surface area contributed by atoms with Crippen LogP contribution in [0.5, 0.6) is 0 Å². The predicted octanol–water partition coefficient (Wildman–Crippen LogP) is 13.1. The van der Waals surface area contributed by atoms with E-state index >= 15 is 0 Å². The molecule has 12 unspecified atom stereocenters. The Morgan fingerprint density at radius 2 is 0.817 bits per heavy atom. The van der Waals surface area contributed by atoms with E-state index < -0.39 is 86.8 Å². The molecule has 0 radical (unpaired) electrons. The number of amides is 1. The number of ether oxygens (including phenoxy) is 4. The average molecular weight is 1160 g/mol. The first kappa shape index (κ1) is 76.0. The van der Waals surface area contributed by atoms with Crippen LogP contribution in [-0.2, 0) is 23.7 Å². The summed E-state index contributed by atoms with van der Waals surface area (Å²) >= 11 is 0. The summed E-state index contributed by atoms with van der Waals surface area (Å²) < 4.78 is 22.8. The van der Waals surface area contributed by atoms with Crippen LogP contribution in [0.1, 0.15) is 284 Å². The second kappa shape index (κ2) is 53.2. The van der Waals surface area contributed by atoms with Crippen molar-refractivity contribution in [1.82, 2.24) is 5.32 Å². The van der Waals surface area contributed by atoms with Crippen molar-refractivity contribution < 1.29 is 64.6 Å². The van der Waals surface area contributed by atoms with Gasteiger partial charge in [0.15, 0.2) is 12.6 Å². The van der Waals surface area contributed by atoms with Crippen molar-refractivity contribution in [3.63, 3.8) is 0 Å². The van der Waals surface area contributed by atoms with E-state index in [4.69, 9.17) is 18.9 Å². The van der Waals surface area contributed by atoms with Gasteiger partial charge >= 0.3 is 0 Å². The van der Waals surface area contributed by atoms with E-state index in [2.05, 4.69) is 55.6 Å². The summed E-state index contributed by atoms with van der Waals surface area (Å²) in [7, 11) is 0. The number of aliphatic hydroxyl groups is 8. The molecule has 480 valence electrons. The largest absolute Gasteiger partial charge is 0.394 e. The first-order chi connectivity index (χ1) is 40.1. The first-order valence-corrected chi connectivity index (χ1v) is 33.9. The van der Waals surface area contributed by atoms with Crippen molar-refractivity contribution in [3.8, 4) is 0 Å². The number of allylic oxidation sites excluding steroid dienone is 7. The molecule has 0 aliphatic carbocycles. The summed E-state index contributed by atoms with van der Waals surface area (Å²) in [4.78, 5) is 13.2. The van der Waals surface area contributed by atoms with Crippen LogP contribution < -0.4 is 5.32 Å². The lowest BCUT2D eigenvalue weighted by Gasteiger charge is -2.46. The van der Waals surface area contributed by atoms with Crippen LogP contribution in [0.3, 0.4) is 0 Å². The molecule has 0 spiro atoms. The van der Waals surface area contributed by atoms with Gasteiger partial charge in [-0.05, 0) is 64.2 Å². The van der Waals surface area contributed by atoms with Crippen LogP contribution >= 0.6 is 0 Å². The summed E-state index contributed by atoms with van der Waals surface area (Å²) in [6.45, 7) is 2.76. The highest BCUT2D eigenvalue weighted by atomic mass is 16.7. The summed E-state index contributed by atoms with van der Waals surface area (Å²) in [5.41, 5.74) is 0. The van der Waals surface area contributed by atoms with Crippen LogP contribution in [0.2, 0.25) is 0 Å². The lowest BCUT2D eigenvalue weighted by atomic mass is 9.97. The highest BCUT2D eigenvalue weighted by molar-refractivity contribution is 5.76. The molecule has 0 aromatic rings. The van der Waals surface area contributed by atoms with Gasteiger partial charge in [-0.15, -0.1) is 0 Å². The Morgan fingerprint density at radius 1 is 0.439 bits per heavy atom. The zero-order valence-corrected chi connectivity index (χ0v) is 52.0. The molecule has 2 heterocycles. The molecule has 2 saturated heterocycles. The van der Waals surface area contributed by atoms with Crippen molar-refractivity contribution in [1.29, 1.82) is 0 Å². The molecule has 9 N–H and O–H groups in total. The number of carbonyl (C=O) groups is 1. The Bertz CT molecular complexity index is 1560. The topological polar surface area (TPSA) is 228 Å². The van der Waals surface area contributed by atoms with Crippen molar-refractivity contribution in [2.24, 2.45) is 0 Å². The number of aliphatic hydroxyl groups excluding tert-OH is 8. The van der Waals surface area contributed by atoms with Gasteiger partial charge in [0.05, 0.1) is 32.0 Å². The number of rotatable bonds is 55. The highest BCUT2D eigenvalue weighted by Crippen LogP contribution is 2.30. The Labute approximate surface area is 499 Å². The SMILES string of the molecule is CCCCC/C=C\C/C=C\CCCCCCCC(=O)NC(COC1OC(CO)C(OC2OC(CO)C(O)C(O)C2O)C(O)C1O)C(O)/C=C/CC/C=C/CCCCCCCCCCCCCCCCCCCCCCCCCCCCC. The Morgan fingerprint density at radius 3 is 1.29 bits per heavy atom. The molecule has 14 heteroatoms. The van der Waals surface area contributed by atoms with Gasteiger partial charge in [0.25, 0.3) is 0 Å². The molecule has 0 aromatic carbocycles. The zero-order valence-electron chi connectivity index (χ0n) is 52.0. The number of hydrogen-bond donors (Lipinski definition) is 9. The van der Waals surface area contributed by atoms with Gasteiger partial charge in [-0.2, -0.15) is 0 Å². The minimum absolute atomic E-state index is 0.257. The molecule has 0 saturated carbocycles. The molecule has 2 rings (SSSR count). The average Bonchev–Trinajstić information content (AvgIpc) is 3.53. The molecule has 2 fully saturated rings. The lowest BCUT2D eigenvalue weighted by Crippen LogP contribution is -2.65. The normalized spacial score (nSPS) is 24.2. The molecule has 12 atom stereocenters. The van der Waals surface area contributed by atoms with Gasteiger partial charge in [-0.3, -0.25) is 4.79 Å². The molecule has 2 aliphatic rings. The maximum atomic E-state index is 13.2. The van der Waals surface area contributed by atoms with Crippen LogP contribution in [0.25, 0.3) is 0 Å². The molecule has 0 aromatic heterocycles. The van der Waals surface area contributed by atoms with Crippen LogP contribution in [0.4, 0.5) is 0 Å². The van der Waals surface area contributed by atoms with Gasteiger partial charge in [-0.1, -0.05) is 262 Å². The van der Waals surface area contributed by atoms with Gasteiger partial charge in [0, 0.05) is 6.42 Å². The Balaban J connectivity index is 1.67. The minimum Gasteiger partial charge on any atom is -0.394 e. The van der Waals surface area contributed by atoms with E-state index in [-0.39, 0.29) is 18.9 Å². The van der Waals surface area contributed by atoms with Crippen LogP contribution in [-0.4, -0.2) is 140 Å². The molecule has 82 heavy (non-hydrogen) atoms. The van der Waals surface area contributed by atoms with Gasteiger partial charge in [-0.25, -0.2) is 0 Å². The molecular formula is C68H125NO13. The fourth-order valence-electron chi connectivity index (χ4n) is 11.0. The summed E-state index contributed by atoms with van der Waals surface area (Å²) in [5.74, 6) is -0.262. The number of nitrogens with one attached hydrogen (secondary N) is 1. The summed E-state index contributed by atoms with van der Waals surface area (Å²) in [6.07, 6.45) is 51.9. The third-order valence-electron chi connectivity index (χ3n) is 16.5. The third-order valence-corrected chi connectivity index (χ3v) is 16.5. The summed E-state index contributed by atoms with van der Waals surface area (Å²) in [6, 6.07) is -0.941. The maximum absolute atomic E-state index is 13.2. The van der Waals surface area contributed by atoms with Gasteiger partial charge in [0.1, 0.15) is 48.8 Å². The second-order valence-electron chi connectivity index (χ2n) is 23.9. The Hall–Kier alpha value is -2.05. The molecule has 1 amide bonds. The van der Waals surface area contributed by atoms with Crippen molar-refractivity contribution in [2.45, 2.75) is 357 Å². The first-order valence-electron chi connectivity index (χ1n) is 33.9. The van der Waals surface area contributed by atoms with Gasteiger partial charge in [0.2, 0.25) is 5.91 Å². The summed E-state index contributed by atoms with van der Waals surface area (Å²) in [5, 5.41) is 87.2. The molecule has 14 nitrogen and oxygen atoms in total. The van der Waals surface area contributed by atoms with Crippen LogP contribution in [0, 0.1) is 0 Å². The van der Waals surface area contributed by atoms with E-state index in [0.717, 1.165) is 57.8 Å². The monoisotopic (exact) mass is 1160 g/mol. The fourth-order valence-corrected chi connectivity index (χ4v) is 11.0. The number of hydrogen-bond acceptors (Lipinski definition) is 13. The molecule has 2 aliphatic heterocycles.